The SMILES string of the molecule is C=CC(=O)N1CCN(c2nc(OCCN3CCC(C#N)CC3)nc3c2CCN(c2cc(O)cc4ccccc24)C3)CC1. The van der Waals surface area contributed by atoms with E-state index in [1.807, 2.05) is 29.2 Å². The zero-order valence-electron chi connectivity index (χ0n) is 23.9. The van der Waals surface area contributed by atoms with E-state index in [-0.39, 0.29) is 17.6 Å². The molecule has 3 aromatic rings. The summed E-state index contributed by atoms with van der Waals surface area (Å²) < 4.78 is 6.17. The van der Waals surface area contributed by atoms with E-state index in [9.17, 15) is 15.2 Å². The van der Waals surface area contributed by atoms with E-state index in [0.29, 0.717) is 45.3 Å². The van der Waals surface area contributed by atoms with Crippen molar-refractivity contribution in [2.24, 2.45) is 5.92 Å². The van der Waals surface area contributed by atoms with Crippen molar-refractivity contribution in [2.45, 2.75) is 25.8 Å². The highest BCUT2D eigenvalue weighted by Gasteiger charge is 2.29. The fraction of sp³-hybridized carbons (Fsp3) is 0.438. The van der Waals surface area contributed by atoms with Crippen LogP contribution in [0.1, 0.15) is 24.1 Å². The minimum absolute atomic E-state index is 0.0452. The van der Waals surface area contributed by atoms with E-state index in [0.717, 1.165) is 79.0 Å². The lowest BCUT2D eigenvalue weighted by Crippen LogP contribution is -2.49. The number of piperidine rings is 1. The molecule has 3 aliphatic heterocycles. The van der Waals surface area contributed by atoms with Crippen LogP contribution in [0.4, 0.5) is 11.5 Å². The third-order valence-corrected chi connectivity index (χ3v) is 8.66. The van der Waals surface area contributed by atoms with Gasteiger partial charge in [-0.1, -0.05) is 30.8 Å². The topological polar surface area (TPSA) is 109 Å². The number of fused-ring (bicyclic) bond motifs is 2. The minimum atomic E-state index is -0.0452. The molecule has 6 rings (SSSR count). The molecule has 1 amide bonds. The van der Waals surface area contributed by atoms with Crippen LogP contribution in [0.2, 0.25) is 0 Å². The molecule has 0 aliphatic carbocycles. The fourth-order valence-corrected chi connectivity index (χ4v) is 6.28. The molecule has 3 aliphatic rings. The van der Waals surface area contributed by atoms with E-state index >= 15 is 0 Å². The summed E-state index contributed by atoms with van der Waals surface area (Å²) in [5.74, 6) is 1.24. The molecule has 2 saturated heterocycles. The van der Waals surface area contributed by atoms with Gasteiger partial charge in [0.25, 0.3) is 0 Å². The third kappa shape index (κ3) is 5.83. The predicted molar refractivity (Wildman–Crippen MR) is 162 cm³/mol. The second-order valence-corrected chi connectivity index (χ2v) is 11.2. The number of aromatic nitrogens is 2. The number of piperazine rings is 1. The number of ether oxygens (including phenoxy) is 1. The highest BCUT2D eigenvalue weighted by molar-refractivity contribution is 5.95. The van der Waals surface area contributed by atoms with Crippen LogP contribution in [0.5, 0.6) is 11.8 Å². The molecule has 2 aromatic carbocycles. The summed E-state index contributed by atoms with van der Waals surface area (Å²) in [4.78, 5) is 30.7. The molecule has 10 heteroatoms. The van der Waals surface area contributed by atoms with Crippen LogP contribution < -0.4 is 14.5 Å². The van der Waals surface area contributed by atoms with Gasteiger partial charge >= 0.3 is 6.01 Å². The van der Waals surface area contributed by atoms with Crippen molar-refractivity contribution < 1.29 is 14.6 Å². The van der Waals surface area contributed by atoms with E-state index in [4.69, 9.17) is 14.7 Å². The van der Waals surface area contributed by atoms with E-state index in [1.54, 1.807) is 6.07 Å². The van der Waals surface area contributed by atoms with Gasteiger partial charge in [0.1, 0.15) is 18.2 Å². The second kappa shape index (κ2) is 12.2. The maximum atomic E-state index is 12.2. The number of aromatic hydroxyl groups is 1. The van der Waals surface area contributed by atoms with E-state index < -0.39 is 0 Å². The van der Waals surface area contributed by atoms with Gasteiger partial charge in [0.05, 0.1) is 18.3 Å². The minimum Gasteiger partial charge on any atom is -0.508 e. The smallest absolute Gasteiger partial charge is 0.318 e. The molecule has 1 aromatic heterocycles. The Balaban J connectivity index is 1.24. The Morgan fingerprint density at radius 1 is 1.07 bits per heavy atom. The number of benzene rings is 2. The Morgan fingerprint density at radius 2 is 1.86 bits per heavy atom. The first-order chi connectivity index (χ1) is 20.5. The molecule has 0 atom stereocenters. The standard InChI is InChI=1S/C32H37N7O3/c1-2-30(41)37-13-15-38(16-14-37)31-27-9-12-39(29-20-25(40)19-24-5-3-4-6-26(24)29)22-28(27)34-32(35-31)42-18-17-36-10-7-23(21-33)8-11-36/h2-6,19-20,23,40H,1,7-18,22H2. The van der Waals surface area contributed by atoms with Crippen molar-refractivity contribution in [3.63, 3.8) is 0 Å². The summed E-state index contributed by atoms with van der Waals surface area (Å²) in [6.07, 6.45) is 3.93. The van der Waals surface area contributed by atoms with Gasteiger partial charge in [-0.15, -0.1) is 0 Å². The zero-order valence-corrected chi connectivity index (χ0v) is 23.9. The Bertz CT molecular complexity index is 1500. The van der Waals surface area contributed by atoms with Crippen molar-refractivity contribution >= 4 is 28.2 Å². The number of rotatable bonds is 7. The number of nitrogens with zero attached hydrogens (tertiary/aromatic N) is 7. The first kappa shape index (κ1) is 27.8. The van der Waals surface area contributed by atoms with E-state index in [1.165, 1.54) is 6.08 Å². The number of nitriles is 1. The van der Waals surface area contributed by atoms with Crippen LogP contribution in [-0.2, 0) is 17.8 Å². The van der Waals surface area contributed by atoms with Crippen LogP contribution in [-0.4, -0.2) is 89.7 Å². The third-order valence-electron chi connectivity index (χ3n) is 8.66. The van der Waals surface area contributed by atoms with Gasteiger partial charge in [0.2, 0.25) is 5.91 Å². The lowest BCUT2D eigenvalue weighted by atomic mass is 9.99. The largest absolute Gasteiger partial charge is 0.508 e. The molecule has 0 spiro atoms. The molecule has 10 nitrogen and oxygen atoms in total. The normalized spacial score (nSPS) is 18.0. The number of hydrogen-bond acceptors (Lipinski definition) is 9. The molecule has 2 fully saturated rings. The number of carbonyl (C=O) groups is 1. The summed E-state index contributed by atoms with van der Waals surface area (Å²) in [7, 11) is 0. The number of amides is 1. The summed E-state index contributed by atoms with van der Waals surface area (Å²) in [6, 6.07) is 14.5. The number of hydrogen-bond donors (Lipinski definition) is 1. The molecule has 42 heavy (non-hydrogen) atoms. The number of carbonyl (C=O) groups excluding carboxylic acids is 1. The summed E-state index contributed by atoms with van der Waals surface area (Å²) in [5, 5.41) is 21.8. The number of likely N-dealkylation sites (tertiary alicyclic amines) is 1. The quantitative estimate of drug-likeness (QED) is 0.430. The van der Waals surface area contributed by atoms with Gasteiger partial charge in [-0.3, -0.25) is 9.69 Å². The first-order valence-electron chi connectivity index (χ1n) is 14.8. The molecule has 0 saturated carbocycles. The number of phenolic OH excluding ortho intramolecular Hbond substituents is 1. The molecule has 4 heterocycles. The first-order valence-corrected chi connectivity index (χ1v) is 14.8. The van der Waals surface area contributed by atoms with Gasteiger partial charge in [0, 0.05) is 67.9 Å². The lowest BCUT2D eigenvalue weighted by molar-refractivity contribution is -0.126. The maximum absolute atomic E-state index is 12.2. The molecular formula is C32H37N7O3. The van der Waals surface area contributed by atoms with Crippen LogP contribution in [0.25, 0.3) is 10.8 Å². The molecule has 0 bridgehead atoms. The fourth-order valence-electron chi connectivity index (χ4n) is 6.28. The van der Waals surface area contributed by atoms with E-state index in [2.05, 4.69) is 33.4 Å². The highest BCUT2D eigenvalue weighted by atomic mass is 16.5. The van der Waals surface area contributed by atoms with Gasteiger partial charge in [-0.05, 0) is 49.9 Å². The van der Waals surface area contributed by atoms with Gasteiger partial charge in [-0.2, -0.15) is 15.2 Å². The lowest BCUT2D eigenvalue weighted by Gasteiger charge is -2.38. The van der Waals surface area contributed by atoms with Crippen molar-refractivity contribution in [2.75, 3.05) is 68.8 Å². The Morgan fingerprint density at radius 3 is 2.62 bits per heavy atom. The average Bonchev–Trinajstić information content (AvgIpc) is 3.03. The van der Waals surface area contributed by atoms with Crippen molar-refractivity contribution in [3.05, 3.63) is 60.3 Å². The zero-order chi connectivity index (χ0) is 29.1. The van der Waals surface area contributed by atoms with Crippen LogP contribution in [0.3, 0.4) is 0 Å². The van der Waals surface area contributed by atoms with Crippen molar-refractivity contribution in [3.8, 4) is 17.8 Å². The van der Waals surface area contributed by atoms with Gasteiger partial charge < -0.3 is 24.5 Å². The monoisotopic (exact) mass is 567 g/mol. The van der Waals surface area contributed by atoms with Crippen LogP contribution in [0, 0.1) is 17.2 Å². The second-order valence-electron chi connectivity index (χ2n) is 11.2. The Labute approximate surface area is 246 Å². The molecule has 0 radical (unpaired) electrons. The Hall–Kier alpha value is -4.36. The van der Waals surface area contributed by atoms with Gasteiger partial charge in [-0.25, -0.2) is 0 Å². The summed E-state index contributed by atoms with van der Waals surface area (Å²) in [6.45, 7) is 10.6. The van der Waals surface area contributed by atoms with Crippen molar-refractivity contribution in [1.29, 1.82) is 5.26 Å². The molecule has 1 N–H and O–H groups in total. The maximum Gasteiger partial charge on any atom is 0.318 e. The molecular weight excluding hydrogens is 530 g/mol. The number of anilines is 2. The van der Waals surface area contributed by atoms with Crippen molar-refractivity contribution in [1.82, 2.24) is 19.8 Å². The van der Waals surface area contributed by atoms with Crippen LogP contribution in [0.15, 0.2) is 49.1 Å². The Kier molecular flexibility index (Phi) is 8.11. The van der Waals surface area contributed by atoms with Gasteiger partial charge in [0.15, 0.2) is 0 Å². The summed E-state index contributed by atoms with van der Waals surface area (Å²) >= 11 is 0. The average molecular weight is 568 g/mol. The number of phenols is 1. The summed E-state index contributed by atoms with van der Waals surface area (Å²) in [5.41, 5.74) is 3.02. The molecule has 0 unspecified atom stereocenters. The highest BCUT2D eigenvalue weighted by Crippen LogP contribution is 2.36. The predicted octanol–water partition coefficient (Wildman–Crippen LogP) is 3.35. The molecule has 218 valence electrons. The van der Waals surface area contributed by atoms with Crippen LogP contribution >= 0.6 is 0 Å².